The Labute approximate surface area is 155 Å². The molecule has 1 aliphatic heterocycles. The Hall–Kier alpha value is -2.14. The molecule has 1 aromatic carbocycles. The van der Waals surface area contributed by atoms with Crippen LogP contribution in [0.4, 0.5) is 11.8 Å². The van der Waals surface area contributed by atoms with Crippen LogP contribution < -0.4 is 10.2 Å². The Bertz CT molecular complexity index is 814. The van der Waals surface area contributed by atoms with Crippen LogP contribution in [0.3, 0.4) is 0 Å². The molecule has 5 heteroatoms. The van der Waals surface area contributed by atoms with Crippen molar-refractivity contribution in [1.29, 1.82) is 0 Å². The summed E-state index contributed by atoms with van der Waals surface area (Å²) in [5.74, 6) is 3.19. The monoisotopic (exact) mass is 349 g/mol. The fraction of sp³-hybridized carbons (Fsp3) is 0.524. The second-order valence-corrected chi connectivity index (χ2v) is 8.21. The highest BCUT2D eigenvalue weighted by Gasteiger charge is 2.43. The maximum absolute atomic E-state index is 4.90. The summed E-state index contributed by atoms with van der Waals surface area (Å²) in [6.45, 7) is 2.93. The van der Waals surface area contributed by atoms with Gasteiger partial charge in [0.1, 0.15) is 5.82 Å². The molecule has 2 heterocycles. The summed E-state index contributed by atoms with van der Waals surface area (Å²) in [6.07, 6.45) is 3.76. The lowest BCUT2D eigenvalue weighted by Gasteiger charge is -2.30. The van der Waals surface area contributed by atoms with E-state index in [0.29, 0.717) is 17.9 Å². The third kappa shape index (κ3) is 2.84. The summed E-state index contributed by atoms with van der Waals surface area (Å²) in [4.78, 5) is 14.4. The molecular weight excluding hydrogens is 322 g/mol. The van der Waals surface area contributed by atoms with Crippen LogP contribution in [0.1, 0.15) is 54.0 Å². The SMILES string of the molecule is CN(C)CCNc1nc(C2CC2)cc(N2C[C@H]3C[C@H]2c2ccccc23)n1. The molecule has 2 bridgehead atoms. The van der Waals surface area contributed by atoms with Crippen LogP contribution >= 0.6 is 0 Å². The number of hydrogen-bond acceptors (Lipinski definition) is 5. The molecule has 1 aromatic heterocycles. The van der Waals surface area contributed by atoms with Gasteiger partial charge in [-0.3, -0.25) is 0 Å². The zero-order valence-corrected chi connectivity index (χ0v) is 15.7. The third-order valence-corrected chi connectivity index (χ3v) is 5.96. The summed E-state index contributed by atoms with van der Waals surface area (Å²) in [7, 11) is 4.18. The number of likely N-dealkylation sites (N-methyl/N-ethyl adjacent to an activating group) is 1. The van der Waals surface area contributed by atoms with E-state index in [9.17, 15) is 0 Å². The van der Waals surface area contributed by atoms with Crippen LogP contribution in [0, 0.1) is 0 Å². The maximum Gasteiger partial charge on any atom is 0.224 e. The number of hydrogen-bond donors (Lipinski definition) is 1. The normalized spacial score (nSPS) is 23.6. The van der Waals surface area contributed by atoms with E-state index in [2.05, 4.69) is 59.5 Å². The van der Waals surface area contributed by atoms with Gasteiger partial charge in [-0.1, -0.05) is 24.3 Å². The van der Waals surface area contributed by atoms with Crippen LogP contribution in [0.2, 0.25) is 0 Å². The highest BCUT2D eigenvalue weighted by molar-refractivity contribution is 5.55. The molecule has 5 rings (SSSR count). The van der Waals surface area contributed by atoms with Gasteiger partial charge in [-0.15, -0.1) is 0 Å². The quantitative estimate of drug-likeness (QED) is 0.866. The van der Waals surface area contributed by atoms with E-state index in [1.54, 1.807) is 5.56 Å². The number of rotatable bonds is 6. The largest absolute Gasteiger partial charge is 0.353 e. The lowest BCUT2D eigenvalue weighted by Crippen LogP contribution is -2.28. The highest BCUT2D eigenvalue weighted by atomic mass is 15.3. The minimum Gasteiger partial charge on any atom is -0.353 e. The number of nitrogens with zero attached hydrogens (tertiary/aromatic N) is 4. The molecule has 0 amide bonds. The molecule has 0 unspecified atom stereocenters. The number of fused-ring (bicyclic) bond motifs is 5. The summed E-state index contributed by atoms with van der Waals surface area (Å²) < 4.78 is 0. The molecule has 2 fully saturated rings. The molecule has 1 saturated heterocycles. The Morgan fingerprint density at radius 2 is 1.92 bits per heavy atom. The van der Waals surface area contributed by atoms with E-state index in [-0.39, 0.29) is 0 Å². The molecular formula is C21H27N5. The van der Waals surface area contributed by atoms with Crippen molar-refractivity contribution in [3.8, 4) is 0 Å². The Balaban J connectivity index is 1.43. The number of aromatic nitrogens is 2. The topological polar surface area (TPSA) is 44.3 Å². The van der Waals surface area contributed by atoms with Crippen molar-refractivity contribution >= 4 is 11.8 Å². The van der Waals surface area contributed by atoms with Gasteiger partial charge in [-0.25, -0.2) is 4.98 Å². The van der Waals surface area contributed by atoms with Crippen LogP contribution in [0.5, 0.6) is 0 Å². The predicted molar refractivity (Wildman–Crippen MR) is 105 cm³/mol. The predicted octanol–water partition coefficient (Wildman–Crippen LogP) is 3.38. The molecule has 3 aliphatic rings. The molecule has 2 aromatic rings. The molecule has 2 aliphatic carbocycles. The first kappa shape index (κ1) is 16.1. The summed E-state index contributed by atoms with van der Waals surface area (Å²) in [5, 5.41) is 3.44. The van der Waals surface area contributed by atoms with Gasteiger partial charge < -0.3 is 15.1 Å². The lowest BCUT2D eigenvalue weighted by atomic mass is 9.99. The van der Waals surface area contributed by atoms with E-state index >= 15 is 0 Å². The van der Waals surface area contributed by atoms with E-state index in [0.717, 1.165) is 31.4 Å². The minimum absolute atomic E-state index is 0.479. The minimum atomic E-state index is 0.479. The number of nitrogens with one attached hydrogen (secondary N) is 1. The van der Waals surface area contributed by atoms with Crippen molar-refractivity contribution in [3.63, 3.8) is 0 Å². The molecule has 1 N–H and O–H groups in total. The van der Waals surface area contributed by atoms with Crippen molar-refractivity contribution in [2.45, 2.75) is 37.1 Å². The highest BCUT2D eigenvalue weighted by Crippen LogP contribution is 2.51. The molecule has 1 saturated carbocycles. The zero-order valence-electron chi connectivity index (χ0n) is 15.7. The lowest BCUT2D eigenvalue weighted by molar-refractivity contribution is 0.425. The van der Waals surface area contributed by atoms with Gasteiger partial charge in [0.2, 0.25) is 5.95 Å². The first-order valence-corrected chi connectivity index (χ1v) is 9.82. The average Bonchev–Trinajstić information content (AvgIpc) is 3.32. The zero-order chi connectivity index (χ0) is 17.7. The van der Waals surface area contributed by atoms with Crippen LogP contribution in [0.25, 0.3) is 0 Å². The summed E-state index contributed by atoms with van der Waals surface area (Å²) in [5.41, 5.74) is 4.27. The first-order chi connectivity index (χ1) is 12.7. The fourth-order valence-corrected chi connectivity index (χ4v) is 4.45. The molecule has 136 valence electrons. The molecule has 26 heavy (non-hydrogen) atoms. The van der Waals surface area contributed by atoms with Crippen molar-refractivity contribution < 1.29 is 0 Å². The molecule has 0 radical (unpaired) electrons. The number of benzene rings is 1. The van der Waals surface area contributed by atoms with Crippen molar-refractivity contribution in [2.24, 2.45) is 0 Å². The molecule has 2 atom stereocenters. The maximum atomic E-state index is 4.90. The smallest absolute Gasteiger partial charge is 0.224 e. The van der Waals surface area contributed by atoms with Gasteiger partial charge in [-0.05, 0) is 44.5 Å². The van der Waals surface area contributed by atoms with E-state index in [1.165, 1.54) is 30.5 Å². The molecule has 0 spiro atoms. The fourth-order valence-electron chi connectivity index (χ4n) is 4.45. The van der Waals surface area contributed by atoms with Gasteiger partial charge in [0.15, 0.2) is 0 Å². The second kappa shape index (κ2) is 6.23. The Morgan fingerprint density at radius 3 is 2.69 bits per heavy atom. The van der Waals surface area contributed by atoms with Crippen molar-refractivity contribution in [2.75, 3.05) is 43.9 Å². The second-order valence-electron chi connectivity index (χ2n) is 8.21. The van der Waals surface area contributed by atoms with Crippen LogP contribution in [-0.4, -0.2) is 48.6 Å². The number of anilines is 2. The molecule has 5 nitrogen and oxygen atoms in total. The standard InChI is InChI=1S/C21H27N5/c1-25(2)10-9-22-21-23-18(14-7-8-14)12-20(24-21)26-13-15-11-19(26)17-6-4-3-5-16(15)17/h3-6,12,14-15,19H,7-11,13H2,1-2H3,(H,22,23,24)/t15-,19+/m1/s1. The summed E-state index contributed by atoms with van der Waals surface area (Å²) in [6, 6.07) is 11.7. The van der Waals surface area contributed by atoms with Gasteiger partial charge >= 0.3 is 0 Å². The van der Waals surface area contributed by atoms with Gasteiger partial charge in [0, 0.05) is 37.5 Å². The Kier molecular flexibility index (Phi) is 3.85. The van der Waals surface area contributed by atoms with Gasteiger partial charge in [-0.2, -0.15) is 4.98 Å². The first-order valence-electron chi connectivity index (χ1n) is 9.82. The van der Waals surface area contributed by atoms with E-state index < -0.39 is 0 Å². The van der Waals surface area contributed by atoms with Crippen LogP contribution in [-0.2, 0) is 0 Å². The Morgan fingerprint density at radius 1 is 1.12 bits per heavy atom. The van der Waals surface area contributed by atoms with Crippen molar-refractivity contribution in [1.82, 2.24) is 14.9 Å². The van der Waals surface area contributed by atoms with E-state index in [1.807, 2.05) is 0 Å². The van der Waals surface area contributed by atoms with E-state index in [4.69, 9.17) is 9.97 Å². The van der Waals surface area contributed by atoms with Crippen molar-refractivity contribution in [3.05, 3.63) is 47.2 Å². The summed E-state index contributed by atoms with van der Waals surface area (Å²) >= 11 is 0. The van der Waals surface area contributed by atoms with Gasteiger partial charge in [0.25, 0.3) is 0 Å². The third-order valence-electron chi connectivity index (χ3n) is 5.96. The average molecular weight is 349 g/mol. The van der Waals surface area contributed by atoms with Crippen LogP contribution in [0.15, 0.2) is 30.3 Å². The van der Waals surface area contributed by atoms with Gasteiger partial charge in [0.05, 0.1) is 11.7 Å².